The molecule has 0 saturated carbocycles. The van der Waals surface area contributed by atoms with Gasteiger partial charge in [0.15, 0.2) is 0 Å². The molecule has 4 nitrogen and oxygen atoms in total. The number of amides is 1. The molecule has 0 aliphatic rings. The molecule has 0 atom stereocenters. The van der Waals surface area contributed by atoms with Crippen LogP contribution in [-0.4, -0.2) is 24.0 Å². The van der Waals surface area contributed by atoms with Crippen molar-refractivity contribution in [2.24, 2.45) is 0 Å². The van der Waals surface area contributed by atoms with Crippen molar-refractivity contribution in [2.45, 2.75) is 0 Å². The molecular formula is C17H16N2O2S. The van der Waals surface area contributed by atoms with Gasteiger partial charge in [-0.25, -0.2) is 0 Å². The van der Waals surface area contributed by atoms with Crippen LogP contribution in [0.5, 0.6) is 5.75 Å². The van der Waals surface area contributed by atoms with E-state index in [-0.39, 0.29) is 5.91 Å². The molecule has 0 heterocycles. The van der Waals surface area contributed by atoms with Gasteiger partial charge in [0, 0.05) is 5.75 Å². The maximum atomic E-state index is 11.8. The minimum atomic E-state index is -0.118. The van der Waals surface area contributed by atoms with Crippen molar-refractivity contribution in [1.82, 2.24) is 0 Å². The van der Waals surface area contributed by atoms with Crippen LogP contribution in [0.2, 0.25) is 0 Å². The van der Waals surface area contributed by atoms with E-state index in [4.69, 9.17) is 10.00 Å². The van der Waals surface area contributed by atoms with E-state index in [9.17, 15) is 4.79 Å². The molecule has 1 amide bonds. The molecule has 0 aliphatic heterocycles. The molecular weight excluding hydrogens is 296 g/mol. The van der Waals surface area contributed by atoms with E-state index in [1.165, 1.54) is 11.8 Å². The average molecular weight is 312 g/mol. The number of carbonyl (C=O) groups excluding carboxylic acids is 1. The first-order chi connectivity index (χ1) is 10.8. The number of benzene rings is 2. The fraction of sp³-hybridized carbons (Fsp3) is 0.176. The van der Waals surface area contributed by atoms with Crippen molar-refractivity contribution in [2.75, 3.05) is 23.4 Å². The summed E-state index contributed by atoms with van der Waals surface area (Å²) >= 11 is 1.49. The highest BCUT2D eigenvalue weighted by Gasteiger charge is 2.06. The number of nitriles is 1. The zero-order chi connectivity index (χ0) is 15.6. The van der Waals surface area contributed by atoms with Gasteiger partial charge in [-0.1, -0.05) is 30.3 Å². The third-order valence-electron chi connectivity index (χ3n) is 2.79. The Kier molecular flexibility index (Phi) is 6.34. The molecule has 0 saturated heterocycles. The van der Waals surface area contributed by atoms with Crippen molar-refractivity contribution in [3.63, 3.8) is 0 Å². The van der Waals surface area contributed by atoms with Crippen LogP contribution >= 0.6 is 11.8 Å². The average Bonchev–Trinajstić information content (AvgIpc) is 2.56. The van der Waals surface area contributed by atoms with E-state index in [0.717, 1.165) is 11.5 Å². The van der Waals surface area contributed by atoms with Crippen molar-refractivity contribution in [1.29, 1.82) is 5.26 Å². The third-order valence-corrected chi connectivity index (χ3v) is 3.72. The van der Waals surface area contributed by atoms with Crippen LogP contribution in [0.25, 0.3) is 0 Å². The fourth-order valence-electron chi connectivity index (χ4n) is 1.78. The first-order valence-electron chi connectivity index (χ1n) is 6.84. The van der Waals surface area contributed by atoms with Gasteiger partial charge >= 0.3 is 0 Å². The molecule has 0 bridgehead atoms. The molecule has 5 heteroatoms. The number of para-hydroxylation sites is 2. The predicted octanol–water partition coefficient (Wildman–Crippen LogP) is 3.31. The lowest BCUT2D eigenvalue weighted by molar-refractivity contribution is -0.113. The monoisotopic (exact) mass is 312 g/mol. The highest BCUT2D eigenvalue weighted by molar-refractivity contribution is 7.99. The van der Waals surface area contributed by atoms with E-state index in [2.05, 4.69) is 11.4 Å². The summed E-state index contributed by atoms with van der Waals surface area (Å²) in [6.45, 7) is 0.552. The molecule has 2 rings (SSSR count). The lowest BCUT2D eigenvalue weighted by atomic mass is 10.2. The lowest BCUT2D eigenvalue weighted by Crippen LogP contribution is -2.15. The Morgan fingerprint density at radius 3 is 2.64 bits per heavy atom. The Bertz CT molecular complexity index is 653. The van der Waals surface area contributed by atoms with Gasteiger partial charge in [-0.05, 0) is 24.3 Å². The number of hydrogen-bond acceptors (Lipinski definition) is 4. The highest BCUT2D eigenvalue weighted by atomic mass is 32.2. The van der Waals surface area contributed by atoms with E-state index >= 15 is 0 Å². The van der Waals surface area contributed by atoms with E-state index in [1.54, 1.807) is 24.3 Å². The topological polar surface area (TPSA) is 62.1 Å². The van der Waals surface area contributed by atoms with Crippen LogP contribution in [0.15, 0.2) is 54.6 Å². The van der Waals surface area contributed by atoms with Crippen molar-refractivity contribution in [3.8, 4) is 11.8 Å². The minimum absolute atomic E-state index is 0.118. The smallest absolute Gasteiger partial charge is 0.234 e. The molecule has 2 aromatic rings. The molecule has 0 aromatic heterocycles. The van der Waals surface area contributed by atoms with Crippen LogP contribution in [0.1, 0.15) is 5.56 Å². The maximum Gasteiger partial charge on any atom is 0.234 e. The maximum absolute atomic E-state index is 11.8. The quantitative estimate of drug-likeness (QED) is 0.797. The summed E-state index contributed by atoms with van der Waals surface area (Å²) < 4.78 is 5.55. The number of nitrogens with zero attached hydrogens (tertiary/aromatic N) is 1. The molecule has 0 aliphatic carbocycles. The van der Waals surface area contributed by atoms with Crippen LogP contribution < -0.4 is 10.1 Å². The van der Waals surface area contributed by atoms with Crippen LogP contribution in [0, 0.1) is 11.3 Å². The van der Waals surface area contributed by atoms with Gasteiger partial charge in [0.2, 0.25) is 5.91 Å². The number of nitrogens with one attached hydrogen (secondary N) is 1. The zero-order valence-corrected chi connectivity index (χ0v) is 12.8. The zero-order valence-electron chi connectivity index (χ0n) is 12.0. The number of hydrogen-bond donors (Lipinski definition) is 1. The summed E-state index contributed by atoms with van der Waals surface area (Å²) in [6.07, 6.45) is 0. The second-order valence-electron chi connectivity index (χ2n) is 4.42. The van der Waals surface area contributed by atoms with E-state index in [0.29, 0.717) is 23.6 Å². The van der Waals surface area contributed by atoms with E-state index < -0.39 is 0 Å². The molecule has 1 N–H and O–H groups in total. The summed E-state index contributed by atoms with van der Waals surface area (Å²) in [5.74, 6) is 1.77. The van der Waals surface area contributed by atoms with Gasteiger partial charge < -0.3 is 10.1 Å². The number of thioether (sulfide) groups is 1. The largest absolute Gasteiger partial charge is 0.493 e. The second kappa shape index (κ2) is 8.75. The Morgan fingerprint density at radius 1 is 1.14 bits per heavy atom. The van der Waals surface area contributed by atoms with Gasteiger partial charge in [-0.15, -0.1) is 11.8 Å². The molecule has 0 fully saturated rings. The normalized spacial score (nSPS) is 9.77. The van der Waals surface area contributed by atoms with Crippen LogP contribution in [0.3, 0.4) is 0 Å². The summed E-state index contributed by atoms with van der Waals surface area (Å²) in [5.41, 5.74) is 1.02. The van der Waals surface area contributed by atoms with Gasteiger partial charge in [0.25, 0.3) is 0 Å². The Labute approximate surface area is 134 Å². The Hall–Kier alpha value is -2.45. The first-order valence-corrected chi connectivity index (χ1v) is 7.99. The Morgan fingerprint density at radius 2 is 1.86 bits per heavy atom. The van der Waals surface area contributed by atoms with Crippen molar-refractivity contribution >= 4 is 23.4 Å². The molecule has 112 valence electrons. The fourth-order valence-corrected chi connectivity index (χ4v) is 2.38. The molecule has 0 radical (unpaired) electrons. The lowest BCUT2D eigenvalue weighted by Gasteiger charge is -2.07. The standard InChI is InChI=1S/C17H16N2O2S/c18-12-14-6-4-5-9-16(14)19-17(20)13-22-11-10-21-15-7-2-1-3-8-15/h1-9H,10-11,13H2,(H,19,20). The van der Waals surface area contributed by atoms with Crippen LogP contribution in [0.4, 0.5) is 5.69 Å². The van der Waals surface area contributed by atoms with Gasteiger partial charge in [-0.2, -0.15) is 5.26 Å². The molecule has 22 heavy (non-hydrogen) atoms. The number of rotatable bonds is 7. The van der Waals surface area contributed by atoms with Crippen molar-refractivity contribution < 1.29 is 9.53 Å². The molecule has 2 aromatic carbocycles. The highest BCUT2D eigenvalue weighted by Crippen LogP contribution is 2.14. The van der Waals surface area contributed by atoms with Gasteiger partial charge in [0.05, 0.1) is 23.6 Å². The second-order valence-corrected chi connectivity index (χ2v) is 5.52. The summed E-state index contributed by atoms with van der Waals surface area (Å²) in [4.78, 5) is 11.8. The summed E-state index contributed by atoms with van der Waals surface area (Å²) in [7, 11) is 0. The summed E-state index contributed by atoms with van der Waals surface area (Å²) in [5, 5.41) is 11.7. The molecule has 0 spiro atoms. The summed E-state index contributed by atoms with van der Waals surface area (Å²) in [6, 6.07) is 18.6. The number of ether oxygens (including phenoxy) is 1. The van der Waals surface area contributed by atoms with Gasteiger partial charge in [-0.3, -0.25) is 4.79 Å². The third kappa shape index (κ3) is 5.15. The van der Waals surface area contributed by atoms with E-state index in [1.807, 2.05) is 30.3 Å². The Balaban J connectivity index is 1.67. The van der Waals surface area contributed by atoms with Crippen LogP contribution in [-0.2, 0) is 4.79 Å². The number of carbonyl (C=O) groups is 1. The van der Waals surface area contributed by atoms with Gasteiger partial charge in [0.1, 0.15) is 11.8 Å². The molecule has 0 unspecified atom stereocenters. The first kappa shape index (κ1) is 15.9. The SMILES string of the molecule is N#Cc1ccccc1NC(=O)CSCCOc1ccccc1. The van der Waals surface area contributed by atoms with Crippen molar-refractivity contribution in [3.05, 3.63) is 60.2 Å². The number of anilines is 1. The predicted molar refractivity (Wildman–Crippen MR) is 89.0 cm³/mol. The minimum Gasteiger partial charge on any atom is -0.493 e.